The van der Waals surface area contributed by atoms with E-state index in [0.717, 1.165) is 25.7 Å². The summed E-state index contributed by atoms with van der Waals surface area (Å²) in [4.78, 5) is 21.5. The van der Waals surface area contributed by atoms with E-state index in [1.165, 1.54) is 6.92 Å². The Kier molecular flexibility index (Phi) is 5.82. The van der Waals surface area contributed by atoms with Gasteiger partial charge in [-0.15, -0.1) is 0 Å². The summed E-state index contributed by atoms with van der Waals surface area (Å²) in [6, 6.07) is 7.32. The molecule has 30 heavy (non-hydrogen) atoms. The number of ketones is 1. The first-order chi connectivity index (χ1) is 14.3. The van der Waals surface area contributed by atoms with E-state index in [-0.39, 0.29) is 33.7 Å². The molecule has 0 spiro atoms. The van der Waals surface area contributed by atoms with Gasteiger partial charge in [0.15, 0.2) is 11.5 Å². The lowest BCUT2D eigenvalue weighted by atomic mass is 9.91. The average Bonchev–Trinajstić information content (AvgIpc) is 2.73. The number of hydrogen-bond acceptors (Lipinski definition) is 6. The molecule has 8 heteroatoms. The van der Waals surface area contributed by atoms with Gasteiger partial charge in [-0.25, -0.2) is 4.98 Å². The Morgan fingerprint density at radius 1 is 1.17 bits per heavy atom. The molecule has 6 nitrogen and oxygen atoms in total. The maximum atomic E-state index is 12.3. The van der Waals surface area contributed by atoms with E-state index in [1.807, 2.05) is 12.1 Å². The summed E-state index contributed by atoms with van der Waals surface area (Å²) in [6.45, 7) is 1.52. The predicted molar refractivity (Wildman–Crippen MR) is 121 cm³/mol. The van der Waals surface area contributed by atoms with Crippen molar-refractivity contribution in [2.45, 2.75) is 44.7 Å². The highest BCUT2D eigenvalue weighted by Crippen LogP contribution is 2.37. The van der Waals surface area contributed by atoms with Crippen molar-refractivity contribution in [3.8, 4) is 17.0 Å². The van der Waals surface area contributed by atoms with Crippen LogP contribution in [0.25, 0.3) is 22.3 Å². The summed E-state index contributed by atoms with van der Waals surface area (Å²) in [6.07, 6.45) is 5.35. The van der Waals surface area contributed by atoms with Gasteiger partial charge in [0.2, 0.25) is 0 Å². The quantitative estimate of drug-likeness (QED) is 0.478. The fourth-order valence-electron chi connectivity index (χ4n) is 3.82. The summed E-state index contributed by atoms with van der Waals surface area (Å²) in [7, 11) is 0. The van der Waals surface area contributed by atoms with Gasteiger partial charge in [0.05, 0.1) is 32.5 Å². The number of carbonyl (C=O) groups is 1. The fourth-order valence-corrected chi connectivity index (χ4v) is 4.31. The predicted octanol–water partition coefficient (Wildman–Crippen LogP) is 5.19. The fraction of sp³-hybridized carbons (Fsp3) is 0.318. The molecule has 1 aromatic carbocycles. The molecule has 1 aliphatic carbocycles. The molecule has 1 saturated carbocycles. The largest absolute Gasteiger partial charge is 0.505 e. The second-order valence-electron chi connectivity index (χ2n) is 7.71. The molecule has 4 N–H and O–H groups in total. The topological polar surface area (TPSA) is 101 Å². The molecule has 3 aromatic rings. The van der Waals surface area contributed by atoms with E-state index in [1.54, 1.807) is 18.3 Å². The van der Waals surface area contributed by atoms with Crippen LogP contribution >= 0.6 is 23.2 Å². The van der Waals surface area contributed by atoms with Crippen LogP contribution in [0, 0.1) is 0 Å². The van der Waals surface area contributed by atoms with Crippen LogP contribution in [-0.2, 0) is 0 Å². The molecule has 0 unspecified atom stereocenters. The van der Waals surface area contributed by atoms with Gasteiger partial charge in [-0.05, 0) is 56.9 Å². The molecule has 2 aromatic heterocycles. The van der Waals surface area contributed by atoms with Gasteiger partial charge in [-0.2, -0.15) is 0 Å². The van der Waals surface area contributed by atoms with Gasteiger partial charge in [0.25, 0.3) is 0 Å². The van der Waals surface area contributed by atoms with Crippen LogP contribution in [0.5, 0.6) is 5.75 Å². The van der Waals surface area contributed by atoms with Crippen molar-refractivity contribution in [1.29, 1.82) is 0 Å². The summed E-state index contributed by atoms with van der Waals surface area (Å²) < 4.78 is 0. The Bertz CT molecular complexity index is 1100. The molecule has 0 saturated heterocycles. The summed E-state index contributed by atoms with van der Waals surface area (Å²) in [5.74, 6) is -0.247. The van der Waals surface area contributed by atoms with E-state index in [4.69, 9.17) is 33.9 Å². The molecule has 1 fully saturated rings. The van der Waals surface area contributed by atoms with E-state index in [0.29, 0.717) is 33.5 Å². The Balaban J connectivity index is 1.82. The average molecular weight is 445 g/mol. The molecule has 1 aliphatic rings. The highest BCUT2D eigenvalue weighted by Gasteiger charge is 2.22. The third kappa shape index (κ3) is 4.08. The number of phenols is 1. The number of carbonyl (C=O) groups excluding carboxylic acids is 1. The number of nitrogens with one attached hydrogen (secondary N) is 1. The number of aromatic nitrogens is 2. The van der Waals surface area contributed by atoms with E-state index in [9.17, 15) is 9.90 Å². The zero-order chi connectivity index (χ0) is 21.4. The zero-order valence-electron chi connectivity index (χ0n) is 16.5. The SMILES string of the molecule is CC(=O)c1cnc2ccc(-c3cc(Cl)c(O)c(Cl)c3)nc2c1N[C@H]1CC[C@H](N)CC1. The van der Waals surface area contributed by atoms with E-state index in [2.05, 4.69) is 10.3 Å². The number of phenolic OH excluding ortho intramolecular Hbond substituents is 1. The first kappa shape index (κ1) is 20.8. The van der Waals surface area contributed by atoms with Gasteiger partial charge in [0.1, 0.15) is 5.52 Å². The first-order valence-corrected chi connectivity index (χ1v) is 10.6. The molecular formula is C22H22Cl2N4O2. The van der Waals surface area contributed by atoms with Gasteiger partial charge in [0, 0.05) is 23.8 Å². The number of aromatic hydroxyl groups is 1. The molecule has 4 rings (SSSR count). The van der Waals surface area contributed by atoms with Crippen LogP contribution in [0.2, 0.25) is 10.0 Å². The van der Waals surface area contributed by atoms with Crippen LogP contribution in [-0.4, -0.2) is 32.9 Å². The standard InChI is InChI=1S/C22H22Cl2N4O2/c1-11(29)15-10-26-19-7-6-18(12-8-16(23)22(30)17(24)9-12)28-21(19)20(15)27-14-4-2-13(25)3-5-14/h6-10,13-14,30H,2-5,25H2,1H3,(H,26,27)/t13-,14-. The molecule has 0 atom stereocenters. The number of halogens is 2. The Morgan fingerprint density at radius 3 is 2.47 bits per heavy atom. The third-order valence-electron chi connectivity index (χ3n) is 5.53. The van der Waals surface area contributed by atoms with Crippen molar-refractivity contribution in [3.63, 3.8) is 0 Å². The van der Waals surface area contributed by atoms with Gasteiger partial charge in [-0.3, -0.25) is 9.78 Å². The van der Waals surface area contributed by atoms with Crippen molar-refractivity contribution in [2.24, 2.45) is 5.73 Å². The molecule has 2 heterocycles. The first-order valence-electron chi connectivity index (χ1n) is 9.84. The van der Waals surface area contributed by atoms with Crippen LogP contribution in [0.3, 0.4) is 0 Å². The lowest BCUT2D eigenvalue weighted by Crippen LogP contribution is -2.33. The van der Waals surface area contributed by atoms with Crippen LogP contribution in [0.4, 0.5) is 5.69 Å². The Hall–Kier alpha value is -2.41. The minimum Gasteiger partial charge on any atom is -0.505 e. The highest BCUT2D eigenvalue weighted by atomic mass is 35.5. The molecule has 0 aliphatic heterocycles. The van der Waals surface area contributed by atoms with E-state index < -0.39 is 0 Å². The number of nitrogens with zero attached hydrogens (tertiary/aromatic N) is 2. The summed E-state index contributed by atoms with van der Waals surface area (Å²) in [5, 5.41) is 13.7. The minimum absolute atomic E-state index is 0.0812. The van der Waals surface area contributed by atoms with Crippen molar-refractivity contribution >= 4 is 45.7 Å². The maximum absolute atomic E-state index is 12.3. The minimum atomic E-state index is -0.165. The lowest BCUT2D eigenvalue weighted by Gasteiger charge is -2.28. The number of benzene rings is 1. The smallest absolute Gasteiger partial charge is 0.163 e. The number of anilines is 1. The van der Waals surface area contributed by atoms with Crippen LogP contribution in [0.15, 0.2) is 30.5 Å². The Morgan fingerprint density at radius 2 is 1.83 bits per heavy atom. The Labute approximate surface area is 184 Å². The van der Waals surface area contributed by atoms with Crippen molar-refractivity contribution in [1.82, 2.24) is 9.97 Å². The van der Waals surface area contributed by atoms with Gasteiger partial charge in [-0.1, -0.05) is 23.2 Å². The van der Waals surface area contributed by atoms with Crippen molar-refractivity contribution in [3.05, 3.63) is 46.1 Å². The monoisotopic (exact) mass is 444 g/mol. The van der Waals surface area contributed by atoms with Crippen molar-refractivity contribution < 1.29 is 9.90 Å². The third-order valence-corrected chi connectivity index (χ3v) is 6.10. The molecule has 0 bridgehead atoms. The second kappa shape index (κ2) is 8.38. The summed E-state index contributed by atoms with van der Waals surface area (Å²) >= 11 is 12.2. The summed E-state index contributed by atoms with van der Waals surface area (Å²) in [5.41, 5.74) is 9.78. The number of pyridine rings is 2. The van der Waals surface area contributed by atoms with Gasteiger partial charge >= 0.3 is 0 Å². The number of rotatable bonds is 4. The van der Waals surface area contributed by atoms with Crippen LogP contribution in [0.1, 0.15) is 43.0 Å². The zero-order valence-corrected chi connectivity index (χ0v) is 18.0. The number of fused-ring (bicyclic) bond motifs is 1. The van der Waals surface area contributed by atoms with Gasteiger partial charge < -0.3 is 16.2 Å². The highest BCUT2D eigenvalue weighted by molar-refractivity contribution is 6.37. The molecule has 0 radical (unpaired) electrons. The molecular weight excluding hydrogens is 423 g/mol. The lowest BCUT2D eigenvalue weighted by molar-refractivity contribution is 0.101. The second-order valence-corrected chi connectivity index (χ2v) is 8.53. The number of nitrogens with two attached hydrogens (primary N) is 1. The molecule has 0 amide bonds. The molecule has 156 valence electrons. The number of hydrogen-bond donors (Lipinski definition) is 3. The number of Topliss-reactive ketones (excluding diaryl/α,β-unsaturated/α-hetero) is 1. The maximum Gasteiger partial charge on any atom is 0.163 e. The van der Waals surface area contributed by atoms with E-state index >= 15 is 0 Å². The van der Waals surface area contributed by atoms with Crippen LogP contribution < -0.4 is 11.1 Å². The van der Waals surface area contributed by atoms with Crippen molar-refractivity contribution in [2.75, 3.05) is 5.32 Å². The normalized spacial score (nSPS) is 19.1.